The number of rotatable bonds is 5. The van der Waals surface area contributed by atoms with Crippen molar-refractivity contribution >= 4 is 12.1 Å². The maximum Gasteiger partial charge on any atom is 0.244 e. The largest absolute Gasteiger partial charge is 0.497 e. The molecule has 5 heteroatoms. The summed E-state index contributed by atoms with van der Waals surface area (Å²) in [6, 6.07) is 5.47. The van der Waals surface area contributed by atoms with Crippen molar-refractivity contribution in [2.75, 3.05) is 14.2 Å². The summed E-state index contributed by atoms with van der Waals surface area (Å²) in [5.74, 6) is 2.11. The van der Waals surface area contributed by atoms with Crippen LogP contribution in [0.3, 0.4) is 0 Å². The molecule has 1 N–H and O–H groups in total. The summed E-state index contributed by atoms with van der Waals surface area (Å²) in [7, 11) is 3.22. The van der Waals surface area contributed by atoms with Crippen molar-refractivity contribution in [1.82, 2.24) is 5.43 Å². The molecule has 0 aromatic heterocycles. The van der Waals surface area contributed by atoms with Crippen molar-refractivity contribution in [3.63, 3.8) is 0 Å². The predicted molar refractivity (Wildman–Crippen MR) is 88.8 cm³/mol. The molecule has 1 aromatic carbocycles. The Morgan fingerprint density at radius 1 is 1.35 bits per heavy atom. The Balaban J connectivity index is 1.64. The minimum Gasteiger partial charge on any atom is -0.497 e. The average molecular weight is 316 g/mol. The lowest BCUT2D eigenvalue weighted by atomic mass is 9.90. The SMILES string of the molecule is COc1ccc(OC)c(/C=N/NC(=O)[C@H]2[C@H]3CCCC[C@]32C)c1. The summed E-state index contributed by atoms with van der Waals surface area (Å²) >= 11 is 0. The van der Waals surface area contributed by atoms with E-state index in [0.29, 0.717) is 11.7 Å². The van der Waals surface area contributed by atoms with E-state index in [2.05, 4.69) is 17.5 Å². The van der Waals surface area contributed by atoms with Crippen molar-refractivity contribution in [2.24, 2.45) is 22.4 Å². The van der Waals surface area contributed by atoms with Gasteiger partial charge in [0.2, 0.25) is 5.91 Å². The molecule has 124 valence electrons. The molecule has 3 rings (SSSR count). The smallest absolute Gasteiger partial charge is 0.244 e. The number of hydrogen-bond acceptors (Lipinski definition) is 4. The first kappa shape index (κ1) is 15.8. The number of carbonyl (C=O) groups is 1. The van der Waals surface area contributed by atoms with Gasteiger partial charge in [-0.2, -0.15) is 5.10 Å². The second-order valence-electron chi connectivity index (χ2n) is 6.68. The number of nitrogens with one attached hydrogen (secondary N) is 1. The summed E-state index contributed by atoms with van der Waals surface area (Å²) in [6.07, 6.45) is 6.41. The first-order valence-electron chi connectivity index (χ1n) is 8.15. The van der Waals surface area contributed by atoms with Crippen LogP contribution in [0.2, 0.25) is 0 Å². The lowest BCUT2D eigenvalue weighted by Crippen LogP contribution is -2.22. The lowest BCUT2D eigenvalue weighted by molar-refractivity contribution is -0.123. The molecular weight excluding hydrogens is 292 g/mol. The van der Waals surface area contributed by atoms with E-state index in [1.165, 1.54) is 19.3 Å². The molecule has 0 unspecified atom stereocenters. The van der Waals surface area contributed by atoms with Gasteiger partial charge in [-0.15, -0.1) is 0 Å². The van der Waals surface area contributed by atoms with Crippen LogP contribution in [0, 0.1) is 17.3 Å². The highest BCUT2D eigenvalue weighted by Gasteiger charge is 2.64. The number of hydrazone groups is 1. The van der Waals surface area contributed by atoms with Crippen LogP contribution < -0.4 is 14.9 Å². The van der Waals surface area contributed by atoms with E-state index in [1.54, 1.807) is 20.4 Å². The molecule has 0 bridgehead atoms. The molecule has 5 nitrogen and oxygen atoms in total. The molecule has 2 aliphatic carbocycles. The van der Waals surface area contributed by atoms with E-state index in [9.17, 15) is 4.79 Å². The van der Waals surface area contributed by atoms with E-state index in [-0.39, 0.29) is 17.2 Å². The second-order valence-corrected chi connectivity index (χ2v) is 6.68. The highest BCUT2D eigenvalue weighted by molar-refractivity contribution is 5.87. The highest BCUT2D eigenvalue weighted by atomic mass is 16.5. The van der Waals surface area contributed by atoms with Gasteiger partial charge in [-0.1, -0.05) is 19.8 Å². The Bertz CT molecular complexity index is 629. The summed E-state index contributed by atoms with van der Waals surface area (Å²) in [5, 5.41) is 4.12. The number of carbonyl (C=O) groups excluding carboxylic acids is 1. The third-order valence-electron chi connectivity index (χ3n) is 5.43. The molecule has 2 saturated carbocycles. The maximum atomic E-state index is 12.4. The molecule has 0 aliphatic heterocycles. The van der Waals surface area contributed by atoms with Crippen molar-refractivity contribution in [2.45, 2.75) is 32.6 Å². The summed E-state index contributed by atoms with van der Waals surface area (Å²) in [5.41, 5.74) is 3.67. The lowest BCUT2D eigenvalue weighted by Gasteiger charge is -2.15. The van der Waals surface area contributed by atoms with Crippen LogP contribution in [0.25, 0.3) is 0 Å². The van der Waals surface area contributed by atoms with Crippen LogP contribution in [0.5, 0.6) is 11.5 Å². The molecule has 0 spiro atoms. The quantitative estimate of drug-likeness (QED) is 0.671. The number of fused-ring (bicyclic) bond motifs is 1. The summed E-state index contributed by atoms with van der Waals surface area (Å²) in [4.78, 5) is 12.4. The number of methoxy groups -OCH3 is 2. The number of ether oxygens (including phenoxy) is 2. The topological polar surface area (TPSA) is 59.9 Å². The fraction of sp³-hybridized carbons (Fsp3) is 0.556. The zero-order chi connectivity index (χ0) is 16.4. The first-order chi connectivity index (χ1) is 11.1. The van der Waals surface area contributed by atoms with Crippen LogP contribution in [0.4, 0.5) is 0 Å². The van der Waals surface area contributed by atoms with Crippen molar-refractivity contribution < 1.29 is 14.3 Å². The second kappa shape index (κ2) is 6.22. The molecule has 2 aliphatic rings. The standard InChI is InChI=1S/C18H24N2O3/c1-18-9-5-4-6-14(18)16(18)17(21)20-19-11-12-10-13(22-2)7-8-15(12)23-3/h7-8,10-11,14,16H,4-6,9H2,1-3H3,(H,20,21)/b19-11+/t14-,16-,18-/m1/s1. The molecule has 3 atom stereocenters. The Labute approximate surface area is 137 Å². The first-order valence-corrected chi connectivity index (χ1v) is 8.15. The Kier molecular flexibility index (Phi) is 4.28. The van der Waals surface area contributed by atoms with E-state index in [1.807, 2.05) is 18.2 Å². The molecule has 1 amide bonds. The number of benzene rings is 1. The molecular formula is C18H24N2O3. The zero-order valence-corrected chi connectivity index (χ0v) is 14.0. The van der Waals surface area contributed by atoms with Crippen LogP contribution in [0.1, 0.15) is 38.2 Å². The molecule has 0 radical (unpaired) electrons. The molecule has 23 heavy (non-hydrogen) atoms. The highest BCUT2D eigenvalue weighted by Crippen LogP contribution is 2.66. The number of hydrogen-bond donors (Lipinski definition) is 1. The van der Waals surface area contributed by atoms with Crippen LogP contribution in [-0.2, 0) is 4.79 Å². The van der Waals surface area contributed by atoms with E-state index >= 15 is 0 Å². The fourth-order valence-corrected chi connectivity index (χ4v) is 4.03. The van der Waals surface area contributed by atoms with Gasteiger partial charge in [-0.3, -0.25) is 4.79 Å². The van der Waals surface area contributed by atoms with Crippen LogP contribution in [-0.4, -0.2) is 26.3 Å². The Morgan fingerprint density at radius 2 is 2.17 bits per heavy atom. The molecule has 0 saturated heterocycles. The van der Waals surface area contributed by atoms with Gasteiger partial charge in [0.05, 0.1) is 20.4 Å². The molecule has 0 heterocycles. The minimum absolute atomic E-state index is 0.0394. The maximum absolute atomic E-state index is 12.4. The van der Waals surface area contributed by atoms with Crippen molar-refractivity contribution in [1.29, 1.82) is 0 Å². The van der Waals surface area contributed by atoms with Gasteiger partial charge in [-0.25, -0.2) is 5.43 Å². The molecule has 1 aromatic rings. The minimum atomic E-state index is 0.0394. The van der Waals surface area contributed by atoms with Gasteiger partial charge >= 0.3 is 0 Å². The van der Waals surface area contributed by atoms with Crippen molar-refractivity contribution in [3.05, 3.63) is 23.8 Å². The monoisotopic (exact) mass is 316 g/mol. The molecule has 2 fully saturated rings. The van der Waals surface area contributed by atoms with Gasteiger partial charge < -0.3 is 9.47 Å². The normalized spacial score (nSPS) is 29.0. The number of amides is 1. The van der Waals surface area contributed by atoms with Gasteiger partial charge in [0.1, 0.15) is 11.5 Å². The van der Waals surface area contributed by atoms with E-state index < -0.39 is 0 Å². The van der Waals surface area contributed by atoms with Crippen LogP contribution in [0.15, 0.2) is 23.3 Å². The Morgan fingerprint density at radius 3 is 2.83 bits per heavy atom. The zero-order valence-electron chi connectivity index (χ0n) is 14.0. The van der Waals surface area contributed by atoms with Gasteiger partial charge in [0.15, 0.2) is 0 Å². The third-order valence-corrected chi connectivity index (χ3v) is 5.43. The van der Waals surface area contributed by atoms with Gasteiger partial charge in [-0.05, 0) is 42.4 Å². The summed E-state index contributed by atoms with van der Waals surface area (Å²) < 4.78 is 10.5. The summed E-state index contributed by atoms with van der Waals surface area (Å²) in [6.45, 7) is 2.23. The van der Waals surface area contributed by atoms with E-state index in [0.717, 1.165) is 17.7 Å². The Hall–Kier alpha value is -2.04. The average Bonchev–Trinajstić information content (AvgIpc) is 3.20. The third kappa shape index (κ3) is 2.92. The fourth-order valence-electron chi connectivity index (χ4n) is 4.03. The van der Waals surface area contributed by atoms with E-state index in [4.69, 9.17) is 9.47 Å². The van der Waals surface area contributed by atoms with Crippen molar-refractivity contribution in [3.8, 4) is 11.5 Å². The van der Waals surface area contributed by atoms with Gasteiger partial charge in [0, 0.05) is 11.5 Å². The van der Waals surface area contributed by atoms with Gasteiger partial charge in [0.25, 0.3) is 0 Å². The number of nitrogens with zero attached hydrogens (tertiary/aromatic N) is 1. The predicted octanol–water partition coefficient (Wildman–Crippen LogP) is 2.98. The van der Waals surface area contributed by atoms with Crippen LogP contribution >= 0.6 is 0 Å².